The lowest BCUT2D eigenvalue weighted by atomic mass is 9.90. The molecule has 44 heavy (non-hydrogen) atoms. The minimum atomic E-state index is 0.852. The molecule has 2 nitrogen and oxygen atoms in total. The predicted molar refractivity (Wildman–Crippen MR) is 186 cm³/mol. The maximum Gasteiger partial charge on any atom is 0.141 e. The Bertz CT molecular complexity index is 2310. The third-order valence-electron chi connectivity index (χ3n) is 8.70. The first-order valence-corrected chi connectivity index (χ1v) is 15.8. The Kier molecular flexibility index (Phi) is 5.85. The summed E-state index contributed by atoms with van der Waals surface area (Å²) in [4.78, 5) is 2.28. The highest BCUT2D eigenvalue weighted by molar-refractivity contribution is 7.99. The van der Waals surface area contributed by atoms with Crippen LogP contribution in [0.5, 0.6) is 11.5 Å². The van der Waals surface area contributed by atoms with Crippen LogP contribution in [0.2, 0.25) is 0 Å². The summed E-state index contributed by atoms with van der Waals surface area (Å²) in [5, 5.41) is 11.1. The molecular formula is C41H27NOS. The zero-order valence-corrected chi connectivity index (χ0v) is 24.7. The minimum absolute atomic E-state index is 0.852. The second-order valence-electron chi connectivity index (χ2n) is 11.4. The van der Waals surface area contributed by atoms with Crippen molar-refractivity contribution in [2.24, 2.45) is 0 Å². The molecule has 9 rings (SSSR count). The van der Waals surface area contributed by atoms with E-state index in [4.69, 9.17) is 4.74 Å². The highest BCUT2D eigenvalue weighted by Crippen LogP contribution is 2.48. The fourth-order valence-electron chi connectivity index (χ4n) is 6.57. The molecule has 2 aliphatic heterocycles. The molecule has 2 aliphatic rings. The molecule has 0 saturated carbocycles. The molecule has 0 aromatic heterocycles. The van der Waals surface area contributed by atoms with E-state index < -0.39 is 0 Å². The van der Waals surface area contributed by atoms with Gasteiger partial charge in [0.1, 0.15) is 11.5 Å². The summed E-state index contributed by atoms with van der Waals surface area (Å²) in [5.74, 6) is 1.83. The summed E-state index contributed by atoms with van der Waals surface area (Å²) in [7, 11) is 0. The summed E-state index contributed by atoms with van der Waals surface area (Å²) in [6.45, 7) is 0.852. The van der Waals surface area contributed by atoms with Gasteiger partial charge in [-0.25, -0.2) is 0 Å². The minimum Gasteiger partial charge on any atom is -0.455 e. The fraction of sp³-hybridized carbons (Fsp3) is 0.0244. The first kappa shape index (κ1) is 25.3. The molecule has 0 amide bonds. The lowest BCUT2D eigenvalue weighted by Gasteiger charge is -2.20. The molecule has 0 atom stereocenters. The Hall–Kier alpha value is -5.25. The maximum atomic E-state index is 6.24. The van der Waals surface area contributed by atoms with Crippen LogP contribution in [-0.2, 0) is 0 Å². The van der Waals surface area contributed by atoms with Crippen LogP contribution in [0, 0.1) is 0 Å². The first-order chi connectivity index (χ1) is 21.8. The molecule has 7 aromatic carbocycles. The van der Waals surface area contributed by atoms with Gasteiger partial charge in [-0.1, -0.05) is 103 Å². The second-order valence-corrected chi connectivity index (χ2v) is 12.5. The number of allylic oxidation sites excluding steroid dienone is 2. The van der Waals surface area contributed by atoms with Crippen LogP contribution in [0.1, 0.15) is 5.56 Å². The van der Waals surface area contributed by atoms with E-state index in [1.54, 1.807) is 11.8 Å². The molecule has 0 fully saturated rings. The number of fused-ring (bicyclic) bond motifs is 8. The molecule has 1 N–H and O–H groups in total. The van der Waals surface area contributed by atoms with E-state index in [-0.39, 0.29) is 0 Å². The Morgan fingerprint density at radius 1 is 0.477 bits per heavy atom. The molecule has 0 spiro atoms. The summed E-state index contributed by atoms with van der Waals surface area (Å²) in [6, 6.07) is 46.3. The van der Waals surface area contributed by atoms with Gasteiger partial charge in [-0.3, -0.25) is 0 Å². The summed E-state index contributed by atoms with van der Waals surface area (Å²) in [5.41, 5.74) is 7.14. The van der Waals surface area contributed by atoms with Crippen LogP contribution in [0.4, 0.5) is 0 Å². The summed E-state index contributed by atoms with van der Waals surface area (Å²) < 4.78 is 6.24. The Balaban J connectivity index is 1.23. The van der Waals surface area contributed by atoms with Gasteiger partial charge in [0.15, 0.2) is 0 Å². The number of hydrogen-bond donors (Lipinski definition) is 1. The molecule has 0 aliphatic carbocycles. The van der Waals surface area contributed by atoms with Crippen molar-refractivity contribution in [3.63, 3.8) is 0 Å². The van der Waals surface area contributed by atoms with E-state index in [1.807, 2.05) is 12.1 Å². The smallest absolute Gasteiger partial charge is 0.141 e. The van der Waals surface area contributed by atoms with Gasteiger partial charge in [0.25, 0.3) is 0 Å². The SMILES string of the molecule is C1=CC(c2cc(-c3ccc4c(c3)Sc3ccccc3O4)cc(-c3ccc4c5ccccc5c5ccccc5c4c3)c2)=CNC1. The average Bonchev–Trinajstić information content (AvgIpc) is 3.10. The predicted octanol–water partition coefficient (Wildman–Crippen LogP) is 11.2. The second kappa shape index (κ2) is 10.2. The van der Waals surface area contributed by atoms with E-state index >= 15 is 0 Å². The molecule has 0 bridgehead atoms. The molecular weight excluding hydrogens is 555 g/mol. The van der Waals surface area contributed by atoms with Crippen molar-refractivity contribution in [3.05, 3.63) is 151 Å². The van der Waals surface area contributed by atoms with Crippen LogP contribution in [0.3, 0.4) is 0 Å². The number of ether oxygens (including phenoxy) is 1. The monoisotopic (exact) mass is 581 g/mol. The molecule has 0 radical (unpaired) electrons. The number of nitrogens with one attached hydrogen (secondary N) is 1. The van der Waals surface area contributed by atoms with Gasteiger partial charge < -0.3 is 10.1 Å². The van der Waals surface area contributed by atoms with E-state index in [9.17, 15) is 0 Å². The number of hydrogen-bond acceptors (Lipinski definition) is 3. The zero-order chi connectivity index (χ0) is 29.0. The van der Waals surface area contributed by atoms with Crippen LogP contribution >= 0.6 is 11.8 Å². The maximum absolute atomic E-state index is 6.24. The van der Waals surface area contributed by atoms with Gasteiger partial charge in [0.05, 0.1) is 9.79 Å². The topological polar surface area (TPSA) is 21.3 Å². The number of rotatable bonds is 3. The van der Waals surface area contributed by atoms with Gasteiger partial charge in [-0.15, -0.1) is 0 Å². The average molecular weight is 582 g/mol. The van der Waals surface area contributed by atoms with Crippen molar-refractivity contribution in [2.75, 3.05) is 6.54 Å². The zero-order valence-electron chi connectivity index (χ0n) is 23.9. The van der Waals surface area contributed by atoms with E-state index in [2.05, 4.69) is 139 Å². The molecule has 208 valence electrons. The van der Waals surface area contributed by atoms with Gasteiger partial charge in [-0.05, 0) is 114 Å². The van der Waals surface area contributed by atoms with Crippen LogP contribution in [0.15, 0.2) is 156 Å². The molecule has 0 saturated heterocycles. The molecule has 3 heteroatoms. The Labute approximate surface area is 260 Å². The molecule has 2 heterocycles. The van der Waals surface area contributed by atoms with Crippen molar-refractivity contribution < 1.29 is 4.74 Å². The lowest BCUT2D eigenvalue weighted by Crippen LogP contribution is -2.08. The number of benzene rings is 7. The lowest BCUT2D eigenvalue weighted by molar-refractivity contribution is 0.454. The molecule has 7 aromatic rings. The largest absolute Gasteiger partial charge is 0.455 e. The van der Waals surface area contributed by atoms with E-state index in [0.29, 0.717) is 0 Å². The van der Waals surface area contributed by atoms with Gasteiger partial charge >= 0.3 is 0 Å². The normalized spacial score (nSPS) is 13.7. The number of para-hydroxylation sites is 1. The third-order valence-corrected chi connectivity index (χ3v) is 9.80. The van der Waals surface area contributed by atoms with Crippen molar-refractivity contribution in [3.8, 4) is 33.8 Å². The van der Waals surface area contributed by atoms with Gasteiger partial charge in [-0.2, -0.15) is 0 Å². The van der Waals surface area contributed by atoms with Gasteiger partial charge in [0.2, 0.25) is 0 Å². The highest BCUT2D eigenvalue weighted by Gasteiger charge is 2.19. The number of dihydropyridines is 1. The van der Waals surface area contributed by atoms with Crippen molar-refractivity contribution in [1.82, 2.24) is 5.32 Å². The van der Waals surface area contributed by atoms with Crippen LogP contribution in [0.25, 0.3) is 60.1 Å². The summed E-state index contributed by atoms with van der Waals surface area (Å²) in [6.07, 6.45) is 6.52. The first-order valence-electron chi connectivity index (χ1n) is 15.0. The van der Waals surface area contributed by atoms with Gasteiger partial charge in [0, 0.05) is 12.7 Å². The van der Waals surface area contributed by atoms with Crippen LogP contribution in [-0.4, -0.2) is 6.54 Å². The van der Waals surface area contributed by atoms with E-state index in [0.717, 1.165) is 27.8 Å². The summed E-state index contributed by atoms with van der Waals surface area (Å²) >= 11 is 1.77. The Morgan fingerprint density at radius 3 is 1.80 bits per heavy atom. The highest BCUT2D eigenvalue weighted by atomic mass is 32.2. The molecule has 0 unspecified atom stereocenters. The van der Waals surface area contributed by atoms with Crippen molar-refractivity contribution in [2.45, 2.75) is 9.79 Å². The van der Waals surface area contributed by atoms with Crippen LogP contribution < -0.4 is 10.1 Å². The van der Waals surface area contributed by atoms with Crippen molar-refractivity contribution >= 4 is 49.7 Å². The third kappa shape index (κ3) is 4.20. The van der Waals surface area contributed by atoms with Crippen molar-refractivity contribution in [1.29, 1.82) is 0 Å². The standard InChI is InChI=1S/C41H27NOS/c1-2-11-34-32(9-1)33-10-3-4-12-35(33)37-23-26(15-17-36(34)37)29-20-30(22-31(21-29)28-8-7-19-42-25-28)27-16-18-39-41(24-27)44-40-14-6-5-13-38(40)43-39/h1-18,20-25,42H,19H2. The quantitative estimate of drug-likeness (QED) is 0.210. The fourth-order valence-corrected chi connectivity index (χ4v) is 7.56. The van der Waals surface area contributed by atoms with E-state index in [1.165, 1.54) is 65.7 Å². The Morgan fingerprint density at radius 2 is 1.07 bits per heavy atom.